The SMILES string of the molecule is CCCCCCCCCCCCCCCCCCCCCCCCCCCCCC(O)C(COC1OC(CO)C(OC2OC(CO)C(OC3OC(CO)C(O)C(O)C3O)C(O)C2O)C(O)C1O)NC(=O)CCCCCCCCCCCCC. The highest BCUT2D eigenvalue weighted by atomic mass is 16.8. The van der Waals surface area contributed by atoms with Crippen LogP contribution in [-0.2, 0) is 33.2 Å². The molecule has 19 heteroatoms. The van der Waals surface area contributed by atoms with Gasteiger partial charge in [0.05, 0.1) is 38.6 Å². The van der Waals surface area contributed by atoms with Crippen molar-refractivity contribution in [2.75, 3.05) is 26.4 Å². The fourth-order valence-corrected chi connectivity index (χ4v) is 11.9. The third-order valence-electron chi connectivity index (χ3n) is 17.4. The number of rotatable bonds is 52. The lowest BCUT2D eigenvalue weighted by molar-refractivity contribution is -0.379. The van der Waals surface area contributed by atoms with E-state index >= 15 is 0 Å². The molecule has 3 fully saturated rings. The highest BCUT2D eigenvalue weighted by molar-refractivity contribution is 5.76. The van der Waals surface area contributed by atoms with E-state index in [0.29, 0.717) is 12.8 Å². The van der Waals surface area contributed by atoms with E-state index in [4.69, 9.17) is 28.4 Å². The largest absolute Gasteiger partial charge is 0.394 e. The third-order valence-corrected chi connectivity index (χ3v) is 17.4. The Balaban J connectivity index is 1.39. The van der Waals surface area contributed by atoms with Crippen molar-refractivity contribution >= 4 is 5.91 Å². The first kappa shape index (κ1) is 76.0. The topological polar surface area (TPSA) is 307 Å². The number of aliphatic hydroxyl groups is 11. The molecular formula is C64H123NO18. The van der Waals surface area contributed by atoms with Crippen molar-refractivity contribution in [3.8, 4) is 0 Å². The van der Waals surface area contributed by atoms with Crippen molar-refractivity contribution in [3.63, 3.8) is 0 Å². The monoisotopic (exact) mass is 1190 g/mol. The molecule has 1 amide bonds. The molecule has 0 aromatic carbocycles. The standard InChI is InChI=1S/C64H123NO18/c1-3-5-7-9-11-13-15-16-17-18-19-20-21-22-23-24-25-26-27-28-29-30-32-33-35-37-39-41-48(69)47(65-52(70)42-40-38-36-34-31-14-12-10-8-6-4-2)46-78-62-58(76)55(73)60(50(44-67)80-62)83-64-59(77)56(74)61(51(45-68)81-64)82-63-57(75)54(72)53(71)49(43-66)79-63/h47-51,53-64,66-69,71-77H,3-46H2,1-2H3,(H,65,70). The zero-order valence-electron chi connectivity index (χ0n) is 51.7. The predicted octanol–water partition coefficient (Wildman–Crippen LogP) is 7.94. The Kier molecular flexibility index (Phi) is 43.7. The smallest absolute Gasteiger partial charge is 0.220 e. The molecule has 0 aliphatic carbocycles. The molecule has 3 heterocycles. The Hall–Kier alpha value is -1.21. The molecule has 0 aromatic rings. The number of carbonyl (C=O) groups is 1. The molecule has 83 heavy (non-hydrogen) atoms. The van der Waals surface area contributed by atoms with E-state index in [9.17, 15) is 61.0 Å². The van der Waals surface area contributed by atoms with Crippen LogP contribution in [0, 0.1) is 0 Å². The molecule has 19 nitrogen and oxygen atoms in total. The summed E-state index contributed by atoms with van der Waals surface area (Å²) in [5.41, 5.74) is 0. The van der Waals surface area contributed by atoms with E-state index in [1.807, 2.05) is 0 Å². The van der Waals surface area contributed by atoms with Crippen LogP contribution in [0.2, 0.25) is 0 Å². The van der Waals surface area contributed by atoms with Gasteiger partial charge >= 0.3 is 0 Å². The van der Waals surface area contributed by atoms with Crippen molar-refractivity contribution in [1.82, 2.24) is 5.32 Å². The Morgan fingerprint density at radius 3 is 1.05 bits per heavy atom. The lowest BCUT2D eigenvalue weighted by Gasteiger charge is -2.48. The van der Waals surface area contributed by atoms with Gasteiger partial charge < -0.3 is 89.9 Å². The average molecular weight is 1190 g/mol. The summed E-state index contributed by atoms with van der Waals surface area (Å²) in [6.45, 7) is 1.81. The first-order valence-electron chi connectivity index (χ1n) is 33.8. The van der Waals surface area contributed by atoms with Gasteiger partial charge in [0.25, 0.3) is 0 Å². The zero-order chi connectivity index (χ0) is 60.5. The van der Waals surface area contributed by atoms with Gasteiger partial charge in [-0.05, 0) is 12.8 Å². The quantitative estimate of drug-likeness (QED) is 0.0257. The maximum atomic E-state index is 13.3. The van der Waals surface area contributed by atoms with Crippen LogP contribution in [0.5, 0.6) is 0 Å². The van der Waals surface area contributed by atoms with Crippen molar-refractivity contribution in [1.29, 1.82) is 0 Å². The second-order valence-electron chi connectivity index (χ2n) is 24.7. The minimum Gasteiger partial charge on any atom is -0.394 e. The highest BCUT2D eigenvalue weighted by Crippen LogP contribution is 2.33. The van der Waals surface area contributed by atoms with Gasteiger partial charge in [-0.3, -0.25) is 4.79 Å². The van der Waals surface area contributed by atoms with Crippen molar-refractivity contribution < 1.29 is 89.4 Å². The molecule has 17 atom stereocenters. The van der Waals surface area contributed by atoms with Crippen LogP contribution in [-0.4, -0.2) is 193 Å². The number of unbranched alkanes of at least 4 members (excludes halogenated alkanes) is 36. The normalized spacial score (nSPS) is 29.3. The molecule has 0 bridgehead atoms. The third kappa shape index (κ3) is 30.7. The van der Waals surface area contributed by atoms with Gasteiger partial charge in [0, 0.05) is 6.42 Å². The van der Waals surface area contributed by atoms with Crippen LogP contribution in [0.1, 0.15) is 271 Å². The summed E-state index contributed by atoms with van der Waals surface area (Å²) >= 11 is 0. The number of carbonyl (C=O) groups excluding carboxylic acids is 1. The molecule has 3 saturated heterocycles. The van der Waals surface area contributed by atoms with Gasteiger partial charge in [0.1, 0.15) is 73.2 Å². The Morgan fingerprint density at radius 1 is 0.386 bits per heavy atom. The zero-order valence-corrected chi connectivity index (χ0v) is 51.7. The molecule has 0 aromatic heterocycles. The molecule has 3 aliphatic rings. The Labute approximate surface area is 500 Å². The molecule has 492 valence electrons. The number of aliphatic hydroxyl groups excluding tert-OH is 11. The van der Waals surface area contributed by atoms with E-state index in [1.54, 1.807) is 0 Å². The predicted molar refractivity (Wildman–Crippen MR) is 319 cm³/mol. The van der Waals surface area contributed by atoms with Gasteiger partial charge in [-0.15, -0.1) is 0 Å². The maximum absolute atomic E-state index is 13.3. The number of hydrogen-bond donors (Lipinski definition) is 12. The molecule has 0 spiro atoms. The van der Waals surface area contributed by atoms with Gasteiger partial charge in [-0.25, -0.2) is 0 Å². The van der Waals surface area contributed by atoms with Crippen LogP contribution < -0.4 is 5.32 Å². The van der Waals surface area contributed by atoms with Gasteiger partial charge in [-0.1, -0.05) is 251 Å². The van der Waals surface area contributed by atoms with E-state index in [0.717, 1.165) is 44.9 Å². The molecular weight excluding hydrogens is 1070 g/mol. The summed E-state index contributed by atoms with van der Waals surface area (Å²) < 4.78 is 34.4. The maximum Gasteiger partial charge on any atom is 0.220 e. The van der Waals surface area contributed by atoms with Gasteiger partial charge in [0.2, 0.25) is 5.91 Å². The lowest BCUT2D eigenvalue weighted by atomic mass is 9.96. The highest BCUT2D eigenvalue weighted by Gasteiger charge is 2.53. The summed E-state index contributed by atoms with van der Waals surface area (Å²) in [6, 6.07) is -0.880. The first-order chi connectivity index (χ1) is 40.3. The van der Waals surface area contributed by atoms with E-state index in [-0.39, 0.29) is 18.9 Å². The fourth-order valence-electron chi connectivity index (χ4n) is 11.9. The minimum absolute atomic E-state index is 0.240. The lowest BCUT2D eigenvalue weighted by Crippen LogP contribution is -2.66. The Bertz CT molecular complexity index is 1520. The summed E-state index contributed by atoms with van der Waals surface area (Å²) in [7, 11) is 0. The second kappa shape index (κ2) is 47.7. The Morgan fingerprint density at radius 2 is 0.687 bits per heavy atom. The summed E-state index contributed by atoms with van der Waals surface area (Å²) in [5.74, 6) is -0.240. The van der Waals surface area contributed by atoms with E-state index < -0.39 is 124 Å². The molecule has 0 saturated carbocycles. The summed E-state index contributed by atoms with van der Waals surface area (Å²) in [4.78, 5) is 13.3. The number of hydrogen-bond acceptors (Lipinski definition) is 18. The molecule has 3 rings (SSSR count). The number of ether oxygens (including phenoxy) is 6. The van der Waals surface area contributed by atoms with Crippen molar-refractivity contribution in [3.05, 3.63) is 0 Å². The first-order valence-corrected chi connectivity index (χ1v) is 33.8. The average Bonchev–Trinajstić information content (AvgIpc) is 3.69. The molecule has 17 unspecified atom stereocenters. The van der Waals surface area contributed by atoms with Crippen LogP contribution in [0.15, 0.2) is 0 Å². The molecule has 3 aliphatic heterocycles. The minimum atomic E-state index is -1.97. The van der Waals surface area contributed by atoms with Gasteiger partial charge in [-0.2, -0.15) is 0 Å². The van der Waals surface area contributed by atoms with Crippen molar-refractivity contribution in [2.24, 2.45) is 0 Å². The number of nitrogens with one attached hydrogen (secondary N) is 1. The van der Waals surface area contributed by atoms with Crippen LogP contribution >= 0.6 is 0 Å². The van der Waals surface area contributed by atoms with E-state index in [1.165, 1.54) is 193 Å². The molecule has 0 radical (unpaired) electrons. The fraction of sp³-hybridized carbons (Fsp3) is 0.984. The van der Waals surface area contributed by atoms with Crippen LogP contribution in [0.4, 0.5) is 0 Å². The second-order valence-corrected chi connectivity index (χ2v) is 24.7. The molecule has 12 N–H and O–H groups in total. The van der Waals surface area contributed by atoms with Crippen molar-refractivity contribution in [2.45, 2.75) is 375 Å². The number of amides is 1. The van der Waals surface area contributed by atoms with E-state index in [2.05, 4.69) is 19.2 Å². The van der Waals surface area contributed by atoms with Crippen LogP contribution in [0.3, 0.4) is 0 Å². The summed E-state index contributed by atoms with van der Waals surface area (Å²) in [6.07, 6.45) is 22.1. The van der Waals surface area contributed by atoms with Crippen LogP contribution in [0.25, 0.3) is 0 Å². The van der Waals surface area contributed by atoms with Gasteiger partial charge in [0.15, 0.2) is 18.9 Å². The summed E-state index contributed by atoms with van der Waals surface area (Å²) in [5, 5.41) is 120.